The van der Waals surface area contributed by atoms with Crippen LogP contribution in [0.15, 0.2) is 41.7 Å². The number of nitrogens with zero attached hydrogens (tertiary/aromatic N) is 5. The predicted molar refractivity (Wildman–Crippen MR) is 123 cm³/mol. The molecule has 0 spiro atoms. The average Bonchev–Trinajstić information content (AvgIpc) is 3.46. The Bertz CT molecular complexity index is 882. The van der Waals surface area contributed by atoms with Gasteiger partial charge in [-0.2, -0.15) is 5.10 Å². The van der Waals surface area contributed by atoms with Crippen LogP contribution in [0.3, 0.4) is 0 Å². The van der Waals surface area contributed by atoms with Gasteiger partial charge in [0.25, 0.3) is 0 Å². The molecular weight excluding hydrogens is 392 g/mol. The second kappa shape index (κ2) is 10.0. The minimum Gasteiger partial charge on any atom is -0.495 e. The Morgan fingerprint density at radius 1 is 1.29 bits per heavy atom. The molecule has 0 aliphatic carbocycles. The zero-order chi connectivity index (χ0) is 21.6. The zero-order valence-electron chi connectivity index (χ0n) is 18.8. The number of guanidine groups is 1. The minimum absolute atomic E-state index is 0.0267. The molecule has 2 unspecified atom stereocenters. The van der Waals surface area contributed by atoms with Crippen molar-refractivity contribution in [3.63, 3.8) is 0 Å². The maximum atomic E-state index is 6.00. The number of aromatic nitrogens is 2. The number of hydrogen-bond acceptors (Lipinski definition) is 5. The van der Waals surface area contributed by atoms with E-state index < -0.39 is 0 Å². The summed E-state index contributed by atoms with van der Waals surface area (Å²) in [7, 11) is 3.67. The molecular formula is C23H34N6O2. The van der Waals surface area contributed by atoms with Gasteiger partial charge in [0.15, 0.2) is 5.96 Å². The van der Waals surface area contributed by atoms with Gasteiger partial charge in [0.2, 0.25) is 0 Å². The number of benzene rings is 1. The van der Waals surface area contributed by atoms with Gasteiger partial charge >= 0.3 is 0 Å². The van der Waals surface area contributed by atoms with Crippen LogP contribution in [0, 0.1) is 5.92 Å². The van der Waals surface area contributed by atoms with Gasteiger partial charge in [-0.1, -0.05) is 12.1 Å². The summed E-state index contributed by atoms with van der Waals surface area (Å²) in [5.74, 6) is 2.46. The smallest absolute Gasteiger partial charge is 0.194 e. The Labute approximate surface area is 184 Å². The van der Waals surface area contributed by atoms with Crippen molar-refractivity contribution < 1.29 is 9.47 Å². The van der Waals surface area contributed by atoms with E-state index in [4.69, 9.17) is 14.5 Å². The number of nitrogens with one attached hydrogen (secondary N) is 1. The first kappa shape index (κ1) is 21.5. The number of aliphatic imine (C=N–C) groups is 1. The summed E-state index contributed by atoms with van der Waals surface area (Å²) < 4.78 is 13.4. The number of morpholine rings is 1. The topological polar surface area (TPSA) is 67.2 Å². The normalized spacial score (nSPS) is 22.1. The van der Waals surface area contributed by atoms with Crippen molar-refractivity contribution in [2.75, 3.05) is 57.9 Å². The lowest BCUT2D eigenvalue weighted by molar-refractivity contribution is -0.00805. The van der Waals surface area contributed by atoms with Crippen LogP contribution >= 0.6 is 0 Å². The van der Waals surface area contributed by atoms with Gasteiger partial charge in [0.1, 0.15) is 11.9 Å². The molecule has 0 bridgehead atoms. The first-order valence-corrected chi connectivity index (χ1v) is 11.2. The van der Waals surface area contributed by atoms with Crippen LogP contribution in [0.25, 0.3) is 0 Å². The van der Waals surface area contributed by atoms with Crippen LogP contribution in [0.5, 0.6) is 5.75 Å². The van der Waals surface area contributed by atoms with Crippen LogP contribution in [-0.4, -0.2) is 73.6 Å². The summed E-state index contributed by atoms with van der Waals surface area (Å²) in [6.07, 6.45) is 5.09. The van der Waals surface area contributed by atoms with Crippen molar-refractivity contribution in [1.29, 1.82) is 0 Å². The van der Waals surface area contributed by atoms with Gasteiger partial charge in [-0.25, -0.2) is 0 Å². The Morgan fingerprint density at radius 2 is 2.16 bits per heavy atom. The Balaban J connectivity index is 1.39. The number of methoxy groups -OCH3 is 1. The molecule has 2 atom stereocenters. The van der Waals surface area contributed by atoms with Crippen LogP contribution < -0.4 is 15.0 Å². The quantitative estimate of drug-likeness (QED) is 0.565. The number of ether oxygens (including phenoxy) is 2. The summed E-state index contributed by atoms with van der Waals surface area (Å²) in [5, 5.41) is 7.77. The number of aryl methyl sites for hydroxylation is 1. The molecule has 168 valence electrons. The summed E-state index contributed by atoms with van der Waals surface area (Å²) >= 11 is 0. The number of para-hydroxylation sites is 2. The van der Waals surface area contributed by atoms with E-state index in [9.17, 15) is 0 Å². The monoisotopic (exact) mass is 426 g/mol. The molecule has 0 saturated carbocycles. The average molecular weight is 427 g/mol. The van der Waals surface area contributed by atoms with Gasteiger partial charge in [-0.15, -0.1) is 0 Å². The Kier molecular flexibility index (Phi) is 6.96. The highest BCUT2D eigenvalue weighted by Crippen LogP contribution is 2.32. The van der Waals surface area contributed by atoms with E-state index in [-0.39, 0.29) is 6.10 Å². The van der Waals surface area contributed by atoms with Crippen LogP contribution in [-0.2, 0) is 11.8 Å². The highest BCUT2D eigenvalue weighted by atomic mass is 16.5. The van der Waals surface area contributed by atoms with Crippen molar-refractivity contribution in [3.05, 3.63) is 42.2 Å². The molecule has 0 amide bonds. The van der Waals surface area contributed by atoms with E-state index >= 15 is 0 Å². The van der Waals surface area contributed by atoms with Gasteiger partial charge in [-0.3, -0.25) is 9.67 Å². The summed E-state index contributed by atoms with van der Waals surface area (Å²) in [6, 6.07) is 8.26. The maximum Gasteiger partial charge on any atom is 0.194 e. The lowest BCUT2D eigenvalue weighted by Gasteiger charge is -2.35. The molecule has 2 aliphatic heterocycles. The fourth-order valence-corrected chi connectivity index (χ4v) is 4.38. The fourth-order valence-electron chi connectivity index (χ4n) is 4.38. The number of rotatable bonds is 6. The lowest BCUT2D eigenvalue weighted by atomic mass is 10.1. The highest BCUT2D eigenvalue weighted by molar-refractivity contribution is 5.80. The lowest BCUT2D eigenvalue weighted by Crippen LogP contribution is -2.48. The molecule has 0 radical (unpaired) electrons. The van der Waals surface area contributed by atoms with E-state index in [1.54, 1.807) is 7.11 Å². The van der Waals surface area contributed by atoms with Crippen molar-refractivity contribution in [1.82, 2.24) is 20.0 Å². The Morgan fingerprint density at radius 3 is 2.94 bits per heavy atom. The van der Waals surface area contributed by atoms with E-state index in [2.05, 4.69) is 39.3 Å². The number of anilines is 1. The fraction of sp³-hybridized carbons (Fsp3) is 0.565. The molecule has 1 aromatic carbocycles. The standard InChI is InChI=1S/C23H34N6O2/c1-4-24-23(29-11-12-31-22(17-29)19-14-26-27(2)16-19)25-13-18-9-10-28(15-18)20-7-5-6-8-21(20)30-3/h5-8,14,16,18,22H,4,9-13,15,17H2,1-3H3,(H,24,25). The minimum atomic E-state index is 0.0267. The third kappa shape index (κ3) is 5.12. The van der Waals surface area contributed by atoms with Gasteiger partial charge in [0.05, 0.1) is 32.1 Å². The molecule has 1 aromatic heterocycles. The Hall–Kier alpha value is -2.74. The molecule has 4 rings (SSSR count). The second-order valence-electron chi connectivity index (χ2n) is 8.22. The van der Waals surface area contributed by atoms with Crippen LogP contribution in [0.1, 0.15) is 25.0 Å². The molecule has 1 N–H and O–H groups in total. The summed E-state index contributed by atoms with van der Waals surface area (Å²) in [6.45, 7) is 8.16. The van der Waals surface area contributed by atoms with E-state index in [1.807, 2.05) is 36.3 Å². The maximum absolute atomic E-state index is 6.00. The molecule has 31 heavy (non-hydrogen) atoms. The summed E-state index contributed by atoms with van der Waals surface area (Å²) in [5.41, 5.74) is 2.29. The first-order valence-electron chi connectivity index (χ1n) is 11.2. The van der Waals surface area contributed by atoms with E-state index in [1.165, 1.54) is 5.69 Å². The van der Waals surface area contributed by atoms with Crippen molar-refractivity contribution in [2.24, 2.45) is 18.0 Å². The van der Waals surface area contributed by atoms with Crippen LogP contribution in [0.4, 0.5) is 5.69 Å². The van der Waals surface area contributed by atoms with E-state index in [0.29, 0.717) is 12.5 Å². The molecule has 2 saturated heterocycles. The van der Waals surface area contributed by atoms with Crippen molar-refractivity contribution >= 4 is 11.6 Å². The SMILES string of the molecule is CCNC(=NCC1CCN(c2ccccc2OC)C1)N1CCOC(c2cnn(C)c2)C1. The molecule has 2 fully saturated rings. The van der Waals surface area contributed by atoms with Crippen molar-refractivity contribution in [2.45, 2.75) is 19.4 Å². The van der Waals surface area contributed by atoms with Gasteiger partial charge in [0, 0.05) is 51.5 Å². The van der Waals surface area contributed by atoms with Crippen LogP contribution in [0.2, 0.25) is 0 Å². The second-order valence-corrected chi connectivity index (χ2v) is 8.22. The molecule has 2 aromatic rings. The zero-order valence-corrected chi connectivity index (χ0v) is 18.8. The third-order valence-electron chi connectivity index (χ3n) is 6.01. The highest BCUT2D eigenvalue weighted by Gasteiger charge is 2.27. The third-order valence-corrected chi connectivity index (χ3v) is 6.01. The molecule has 8 heteroatoms. The number of hydrogen-bond donors (Lipinski definition) is 1. The predicted octanol–water partition coefficient (Wildman–Crippen LogP) is 2.29. The molecule has 8 nitrogen and oxygen atoms in total. The summed E-state index contributed by atoms with van der Waals surface area (Å²) in [4.78, 5) is 9.75. The van der Waals surface area contributed by atoms with E-state index in [0.717, 1.165) is 63.0 Å². The van der Waals surface area contributed by atoms with Crippen molar-refractivity contribution in [3.8, 4) is 5.75 Å². The van der Waals surface area contributed by atoms with Gasteiger partial charge < -0.3 is 24.6 Å². The van der Waals surface area contributed by atoms with Gasteiger partial charge in [-0.05, 0) is 31.4 Å². The first-order chi connectivity index (χ1) is 15.2. The largest absolute Gasteiger partial charge is 0.495 e. The molecule has 3 heterocycles. The molecule has 2 aliphatic rings.